The fourth-order valence-corrected chi connectivity index (χ4v) is 3.51. The lowest BCUT2D eigenvalue weighted by molar-refractivity contribution is 0.0525. The third-order valence-corrected chi connectivity index (χ3v) is 5.59. The topological polar surface area (TPSA) is 119 Å². The van der Waals surface area contributed by atoms with Crippen LogP contribution in [0.3, 0.4) is 0 Å². The number of pyridine rings is 1. The second-order valence-corrected chi connectivity index (χ2v) is 9.93. The Hall–Kier alpha value is -4.55. The van der Waals surface area contributed by atoms with Crippen LogP contribution in [-0.2, 0) is 11.3 Å². The van der Waals surface area contributed by atoms with Crippen LogP contribution in [0.2, 0.25) is 0 Å². The molecule has 0 saturated carbocycles. The Morgan fingerprint density at radius 2 is 1.66 bits per heavy atom. The minimum atomic E-state index is -1.25. The van der Waals surface area contributed by atoms with Crippen LogP contribution in [0.25, 0.3) is 0 Å². The Balaban J connectivity index is 2.78. The highest BCUT2D eigenvalue weighted by molar-refractivity contribution is 5.99. The van der Waals surface area contributed by atoms with Gasteiger partial charge in [0.25, 0.3) is 11.8 Å². The molecule has 222 valence electrons. The van der Waals surface area contributed by atoms with Gasteiger partial charge in [0, 0.05) is 36.5 Å². The van der Waals surface area contributed by atoms with E-state index in [4.69, 9.17) is 9.47 Å². The molecule has 2 rings (SSSR count). The van der Waals surface area contributed by atoms with E-state index >= 15 is 0 Å². The van der Waals surface area contributed by atoms with Crippen molar-refractivity contribution in [3.8, 4) is 5.75 Å². The van der Waals surface area contributed by atoms with Gasteiger partial charge in [0.2, 0.25) is 5.43 Å². The number of carbonyl (C=O) groups is 3. The highest BCUT2D eigenvalue weighted by Crippen LogP contribution is 2.21. The first-order valence-electron chi connectivity index (χ1n) is 12.4. The molecule has 41 heavy (non-hydrogen) atoms. The smallest absolute Gasteiger partial charge is 0.430 e. The first kappa shape index (κ1) is 32.7. The van der Waals surface area contributed by atoms with Gasteiger partial charge in [-0.05, 0) is 34.6 Å². The van der Waals surface area contributed by atoms with Crippen molar-refractivity contribution in [2.45, 2.75) is 58.8 Å². The molecule has 2 aromatic rings. The lowest BCUT2D eigenvalue weighted by atomic mass is 10.1. The summed E-state index contributed by atoms with van der Waals surface area (Å²) < 4.78 is 53.2. The number of aromatic nitrogens is 1. The molecule has 1 aromatic heterocycles. The minimum Gasteiger partial charge on any atom is -0.491 e. The van der Waals surface area contributed by atoms with E-state index < -0.39 is 87.6 Å². The van der Waals surface area contributed by atoms with Gasteiger partial charge in [0.05, 0.1) is 13.2 Å². The molecule has 10 nitrogen and oxygen atoms in total. The van der Waals surface area contributed by atoms with E-state index in [1.807, 2.05) is 0 Å². The number of amides is 3. The molecule has 0 bridgehead atoms. The Morgan fingerprint density at radius 3 is 2.15 bits per heavy atom. The lowest BCUT2D eigenvalue weighted by Gasteiger charge is -2.33. The number of ether oxygens (including phenoxy) is 2. The number of hydrogen-bond donors (Lipinski definition) is 2. The average molecular weight is 579 g/mol. The largest absolute Gasteiger partial charge is 0.491 e. The lowest BCUT2D eigenvalue weighted by Crippen LogP contribution is -2.51. The van der Waals surface area contributed by atoms with Crippen LogP contribution in [0, 0.1) is 17.5 Å². The Kier molecular flexibility index (Phi) is 10.5. The fraction of sp³-hybridized carbons (Fsp3) is 0.357. The summed E-state index contributed by atoms with van der Waals surface area (Å²) in [6, 6.07) is -0.564. The summed E-state index contributed by atoms with van der Waals surface area (Å²) in [7, 11) is 1.08. The number of carbonyl (C=O) groups excluding carboxylic acids is 3. The van der Waals surface area contributed by atoms with Crippen molar-refractivity contribution in [2.24, 2.45) is 0 Å². The van der Waals surface area contributed by atoms with Gasteiger partial charge in [-0.2, -0.15) is 0 Å². The van der Waals surface area contributed by atoms with Gasteiger partial charge in [-0.1, -0.05) is 12.2 Å². The van der Waals surface area contributed by atoms with E-state index in [0.29, 0.717) is 12.1 Å². The van der Waals surface area contributed by atoms with Crippen LogP contribution in [-0.4, -0.2) is 47.4 Å². The molecule has 0 aliphatic carbocycles. The number of benzene rings is 1. The van der Waals surface area contributed by atoms with Gasteiger partial charge in [0.15, 0.2) is 11.4 Å². The van der Waals surface area contributed by atoms with Crippen molar-refractivity contribution in [2.75, 3.05) is 12.1 Å². The second kappa shape index (κ2) is 13.2. The third kappa shape index (κ3) is 7.77. The van der Waals surface area contributed by atoms with Crippen molar-refractivity contribution in [3.05, 3.63) is 88.1 Å². The maximum Gasteiger partial charge on any atom is 0.430 e. The van der Waals surface area contributed by atoms with E-state index in [9.17, 15) is 32.3 Å². The monoisotopic (exact) mass is 578 g/mol. The summed E-state index contributed by atoms with van der Waals surface area (Å²) in [5, 5.41) is 5.71. The molecule has 0 aliphatic heterocycles. The molecule has 0 spiro atoms. The van der Waals surface area contributed by atoms with Crippen molar-refractivity contribution in [1.29, 1.82) is 0 Å². The van der Waals surface area contributed by atoms with Gasteiger partial charge in [-0.15, -0.1) is 13.2 Å². The summed E-state index contributed by atoms with van der Waals surface area (Å²) in [5.41, 5.74) is -3.81. The second-order valence-electron chi connectivity index (χ2n) is 9.93. The van der Waals surface area contributed by atoms with Gasteiger partial charge in [-0.25, -0.2) is 27.7 Å². The van der Waals surface area contributed by atoms with Crippen LogP contribution in [0.15, 0.2) is 48.4 Å². The van der Waals surface area contributed by atoms with Crippen LogP contribution in [0.1, 0.15) is 61.0 Å². The molecule has 0 saturated heterocycles. The van der Waals surface area contributed by atoms with Crippen molar-refractivity contribution in [3.63, 3.8) is 0 Å². The number of nitrogens with one attached hydrogen (secondary N) is 2. The Bertz CT molecular complexity index is 1390. The number of nitrogens with zero attached hydrogens (tertiary/aromatic N) is 2. The Morgan fingerprint density at radius 1 is 1.07 bits per heavy atom. The van der Waals surface area contributed by atoms with Crippen molar-refractivity contribution < 1.29 is 37.0 Å². The molecule has 1 aromatic carbocycles. The number of halogens is 3. The van der Waals surface area contributed by atoms with Crippen LogP contribution < -0.4 is 25.8 Å². The highest BCUT2D eigenvalue weighted by atomic mass is 19.1. The zero-order valence-corrected chi connectivity index (χ0v) is 23.6. The van der Waals surface area contributed by atoms with Crippen LogP contribution >= 0.6 is 0 Å². The third-order valence-electron chi connectivity index (χ3n) is 5.59. The fourth-order valence-electron chi connectivity index (χ4n) is 3.51. The summed E-state index contributed by atoms with van der Waals surface area (Å²) >= 11 is 0. The molecule has 13 heteroatoms. The van der Waals surface area contributed by atoms with E-state index in [0.717, 1.165) is 23.0 Å². The normalized spacial score (nSPS) is 12.5. The predicted octanol–water partition coefficient (Wildman–Crippen LogP) is 3.96. The van der Waals surface area contributed by atoms with Gasteiger partial charge in [0.1, 0.15) is 28.6 Å². The maximum absolute atomic E-state index is 14.1. The molecular formula is C28H33F3N4O6. The molecule has 1 heterocycles. The molecule has 2 N–H and O–H groups in total. The predicted molar refractivity (Wildman–Crippen MR) is 146 cm³/mol. The summed E-state index contributed by atoms with van der Waals surface area (Å²) in [6.45, 7) is 14.5. The summed E-state index contributed by atoms with van der Waals surface area (Å²) in [4.78, 5) is 53.2. The van der Waals surface area contributed by atoms with E-state index in [1.54, 1.807) is 27.7 Å². The van der Waals surface area contributed by atoms with E-state index in [2.05, 4.69) is 23.8 Å². The molecular weight excluding hydrogens is 545 g/mol. The molecule has 3 amide bonds. The maximum atomic E-state index is 14.1. The van der Waals surface area contributed by atoms with E-state index in [-0.39, 0.29) is 0 Å². The summed E-state index contributed by atoms with van der Waals surface area (Å²) in [6.07, 6.45) is 2.70. The zero-order valence-electron chi connectivity index (χ0n) is 23.6. The highest BCUT2D eigenvalue weighted by Gasteiger charge is 2.33. The van der Waals surface area contributed by atoms with Gasteiger partial charge < -0.3 is 20.1 Å². The number of hydrogen-bond acceptors (Lipinski definition) is 6. The molecule has 0 aliphatic rings. The number of rotatable bonds is 10. The first-order valence-corrected chi connectivity index (χ1v) is 12.4. The van der Waals surface area contributed by atoms with Gasteiger partial charge >= 0.3 is 6.09 Å². The molecule has 0 unspecified atom stereocenters. The quantitative estimate of drug-likeness (QED) is 0.412. The first-order chi connectivity index (χ1) is 19.1. The SMILES string of the molecule is C=C[C@@H](C)N(C(=O)OC(C)(C)C)n1cc(C(=O)NCc2c(F)cc(F)cc2F)c(=O)c(OC)c1C(=O)N[C@@H](C)C=C. The van der Waals surface area contributed by atoms with Crippen LogP contribution in [0.5, 0.6) is 5.75 Å². The molecule has 2 atom stereocenters. The molecule has 0 fully saturated rings. The number of methoxy groups -OCH3 is 1. The van der Waals surface area contributed by atoms with Crippen molar-refractivity contribution in [1.82, 2.24) is 15.3 Å². The van der Waals surface area contributed by atoms with Crippen molar-refractivity contribution >= 4 is 17.9 Å². The molecule has 0 radical (unpaired) electrons. The Labute approximate surface area is 235 Å². The van der Waals surface area contributed by atoms with Gasteiger partial charge in [-0.3, -0.25) is 14.4 Å². The average Bonchev–Trinajstić information content (AvgIpc) is 2.86. The zero-order chi connectivity index (χ0) is 31.2. The standard InChI is InChI=1S/C28H33F3N4O6/c1-9-15(3)33-26(38)22-24(40-8)23(36)19(25(37)32-13-18-20(30)11-17(29)12-21(18)31)14-34(22)35(16(4)10-2)27(39)41-28(5,6)7/h9-12,14-16H,1-2,13H2,3-8H3,(H,32,37)(H,33,38)/t15-,16+/m0/s1. The minimum absolute atomic E-state index is 0.438. The van der Waals surface area contributed by atoms with Crippen LogP contribution in [0.4, 0.5) is 18.0 Å². The van der Waals surface area contributed by atoms with E-state index in [1.165, 1.54) is 19.1 Å². The summed E-state index contributed by atoms with van der Waals surface area (Å²) in [5.74, 6) is -6.27.